The molecule has 0 saturated carbocycles. The van der Waals surface area contributed by atoms with Crippen molar-refractivity contribution in [2.75, 3.05) is 6.54 Å². The Labute approximate surface area is 118 Å². The van der Waals surface area contributed by atoms with Crippen molar-refractivity contribution in [2.24, 2.45) is 5.92 Å². The van der Waals surface area contributed by atoms with Gasteiger partial charge in [0.15, 0.2) is 0 Å². The van der Waals surface area contributed by atoms with Gasteiger partial charge in [-0.3, -0.25) is 0 Å². The van der Waals surface area contributed by atoms with Gasteiger partial charge in [-0.05, 0) is 43.7 Å². The molecule has 19 heavy (non-hydrogen) atoms. The molecule has 1 nitrogen and oxygen atoms in total. The van der Waals surface area contributed by atoms with Crippen molar-refractivity contribution in [3.63, 3.8) is 0 Å². The topological polar surface area (TPSA) is 12.0 Å². The van der Waals surface area contributed by atoms with Gasteiger partial charge >= 0.3 is 0 Å². The van der Waals surface area contributed by atoms with Crippen LogP contribution in [0.3, 0.4) is 0 Å². The molecule has 0 heterocycles. The number of hydrogen-bond acceptors (Lipinski definition) is 1. The molecule has 2 atom stereocenters. The molecule has 0 spiro atoms. The summed E-state index contributed by atoms with van der Waals surface area (Å²) in [4.78, 5) is 0. The predicted octanol–water partition coefficient (Wildman–Crippen LogP) is 4.86. The molecule has 0 fully saturated rings. The maximum Gasteiger partial charge on any atom is 0.0320 e. The SMILES string of the molecule is CCCCC(NCC1CC=CCC1)c1ccccc1. The Morgan fingerprint density at radius 1 is 1.21 bits per heavy atom. The smallest absolute Gasteiger partial charge is 0.0320 e. The average molecular weight is 257 g/mol. The standard InChI is InChI=1S/C18H27N/c1-2-3-14-18(17-12-8-5-9-13-17)19-15-16-10-6-4-7-11-16/h4-6,8-9,12-13,16,18-19H,2-3,7,10-11,14-15H2,1H3. The van der Waals surface area contributed by atoms with Crippen molar-refractivity contribution in [2.45, 2.75) is 51.5 Å². The summed E-state index contributed by atoms with van der Waals surface area (Å²) >= 11 is 0. The van der Waals surface area contributed by atoms with Crippen molar-refractivity contribution in [3.05, 3.63) is 48.0 Å². The molecule has 0 aliphatic heterocycles. The van der Waals surface area contributed by atoms with E-state index in [1.165, 1.54) is 44.1 Å². The molecule has 1 aromatic rings. The summed E-state index contributed by atoms with van der Waals surface area (Å²) in [6.07, 6.45) is 12.4. The quantitative estimate of drug-likeness (QED) is 0.688. The Kier molecular flexibility index (Phi) is 6.16. The van der Waals surface area contributed by atoms with Crippen molar-refractivity contribution in [3.8, 4) is 0 Å². The van der Waals surface area contributed by atoms with Crippen LogP contribution in [0.5, 0.6) is 0 Å². The summed E-state index contributed by atoms with van der Waals surface area (Å²) < 4.78 is 0. The molecule has 0 saturated heterocycles. The van der Waals surface area contributed by atoms with E-state index in [-0.39, 0.29) is 0 Å². The number of rotatable bonds is 7. The summed E-state index contributed by atoms with van der Waals surface area (Å²) in [7, 11) is 0. The summed E-state index contributed by atoms with van der Waals surface area (Å²) in [6, 6.07) is 11.5. The first-order valence-corrected chi connectivity index (χ1v) is 7.83. The Hall–Kier alpha value is -1.08. The summed E-state index contributed by atoms with van der Waals surface area (Å²) in [6.45, 7) is 3.43. The zero-order chi connectivity index (χ0) is 13.3. The lowest BCUT2D eigenvalue weighted by Gasteiger charge is -2.24. The minimum Gasteiger partial charge on any atom is -0.310 e. The van der Waals surface area contributed by atoms with Crippen LogP contribution in [0.25, 0.3) is 0 Å². The van der Waals surface area contributed by atoms with Crippen molar-refractivity contribution in [1.82, 2.24) is 5.32 Å². The van der Waals surface area contributed by atoms with E-state index in [2.05, 4.69) is 54.7 Å². The maximum atomic E-state index is 3.81. The van der Waals surface area contributed by atoms with Gasteiger partial charge in [0.2, 0.25) is 0 Å². The molecule has 1 heteroatoms. The molecule has 0 radical (unpaired) electrons. The Balaban J connectivity index is 1.88. The van der Waals surface area contributed by atoms with Crippen molar-refractivity contribution >= 4 is 0 Å². The highest BCUT2D eigenvalue weighted by Gasteiger charge is 2.14. The largest absolute Gasteiger partial charge is 0.310 e. The molecule has 2 rings (SSSR count). The van der Waals surface area contributed by atoms with E-state index in [0.717, 1.165) is 12.5 Å². The molecule has 1 aliphatic rings. The molecule has 104 valence electrons. The van der Waals surface area contributed by atoms with Gasteiger partial charge in [-0.15, -0.1) is 0 Å². The molecular formula is C18H27N. The van der Waals surface area contributed by atoms with Gasteiger partial charge in [0.1, 0.15) is 0 Å². The minimum atomic E-state index is 0.534. The molecule has 1 aliphatic carbocycles. The van der Waals surface area contributed by atoms with E-state index >= 15 is 0 Å². The van der Waals surface area contributed by atoms with E-state index in [1.54, 1.807) is 0 Å². The van der Waals surface area contributed by atoms with E-state index in [0.29, 0.717) is 6.04 Å². The second kappa shape index (κ2) is 8.16. The third-order valence-electron chi connectivity index (χ3n) is 4.08. The Morgan fingerprint density at radius 2 is 2.05 bits per heavy atom. The second-order valence-corrected chi connectivity index (χ2v) is 5.66. The van der Waals surface area contributed by atoms with E-state index in [1.807, 2.05) is 0 Å². The van der Waals surface area contributed by atoms with Crippen LogP contribution in [-0.2, 0) is 0 Å². The van der Waals surface area contributed by atoms with Gasteiger partial charge in [-0.2, -0.15) is 0 Å². The van der Waals surface area contributed by atoms with Crippen LogP contribution >= 0.6 is 0 Å². The number of unbranched alkanes of at least 4 members (excludes halogenated alkanes) is 1. The Morgan fingerprint density at radius 3 is 2.74 bits per heavy atom. The zero-order valence-corrected chi connectivity index (χ0v) is 12.1. The van der Waals surface area contributed by atoms with Crippen LogP contribution in [0.4, 0.5) is 0 Å². The fraction of sp³-hybridized carbons (Fsp3) is 0.556. The fourth-order valence-electron chi connectivity index (χ4n) is 2.83. The van der Waals surface area contributed by atoms with E-state index in [4.69, 9.17) is 0 Å². The lowest BCUT2D eigenvalue weighted by atomic mass is 9.93. The average Bonchev–Trinajstić information content (AvgIpc) is 2.49. The van der Waals surface area contributed by atoms with Crippen molar-refractivity contribution in [1.29, 1.82) is 0 Å². The van der Waals surface area contributed by atoms with Gasteiger partial charge in [0.25, 0.3) is 0 Å². The number of nitrogens with one attached hydrogen (secondary N) is 1. The van der Waals surface area contributed by atoms with E-state index < -0.39 is 0 Å². The summed E-state index contributed by atoms with van der Waals surface area (Å²) in [5.41, 5.74) is 1.45. The van der Waals surface area contributed by atoms with Gasteiger partial charge in [0, 0.05) is 6.04 Å². The monoisotopic (exact) mass is 257 g/mol. The zero-order valence-electron chi connectivity index (χ0n) is 12.1. The Bertz CT molecular complexity index is 369. The molecule has 0 aromatic heterocycles. The minimum absolute atomic E-state index is 0.534. The van der Waals surface area contributed by atoms with Gasteiger partial charge in [-0.25, -0.2) is 0 Å². The summed E-state index contributed by atoms with van der Waals surface area (Å²) in [5.74, 6) is 0.831. The first-order valence-electron chi connectivity index (χ1n) is 7.83. The van der Waals surface area contributed by atoms with Gasteiger partial charge in [-0.1, -0.05) is 62.2 Å². The van der Waals surface area contributed by atoms with Crippen LogP contribution in [0, 0.1) is 5.92 Å². The molecular weight excluding hydrogens is 230 g/mol. The highest BCUT2D eigenvalue weighted by molar-refractivity contribution is 5.18. The van der Waals surface area contributed by atoms with Gasteiger partial charge < -0.3 is 5.32 Å². The van der Waals surface area contributed by atoms with Crippen LogP contribution < -0.4 is 5.32 Å². The third-order valence-corrected chi connectivity index (χ3v) is 4.08. The number of benzene rings is 1. The lowest BCUT2D eigenvalue weighted by molar-refractivity contribution is 0.390. The third kappa shape index (κ3) is 4.83. The molecule has 0 bridgehead atoms. The fourth-order valence-corrected chi connectivity index (χ4v) is 2.83. The van der Waals surface area contributed by atoms with Gasteiger partial charge in [0.05, 0.1) is 0 Å². The first kappa shape index (κ1) is 14.3. The highest BCUT2D eigenvalue weighted by Crippen LogP contribution is 2.22. The normalized spacial score (nSPS) is 20.4. The maximum absolute atomic E-state index is 3.81. The van der Waals surface area contributed by atoms with Crippen LogP contribution in [0.15, 0.2) is 42.5 Å². The highest BCUT2D eigenvalue weighted by atomic mass is 14.9. The second-order valence-electron chi connectivity index (χ2n) is 5.66. The molecule has 1 aromatic carbocycles. The van der Waals surface area contributed by atoms with Crippen LogP contribution in [0.2, 0.25) is 0 Å². The lowest BCUT2D eigenvalue weighted by Crippen LogP contribution is -2.28. The first-order chi connectivity index (χ1) is 9.40. The number of hydrogen-bond donors (Lipinski definition) is 1. The molecule has 2 unspecified atom stereocenters. The van der Waals surface area contributed by atoms with Crippen molar-refractivity contribution < 1.29 is 0 Å². The van der Waals surface area contributed by atoms with Crippen LogP contribution in [0.1, 0.15) is 57.1 Å². The molecule has 0 amide bonds. The van der Waals surface area contributed by atoms with Crippen LogP contribution in [-0.4, -0.2) is 6.54 Å². The predicted molar refractivity (Wildman–Crippen MR) is 83.2 cm³/mol. The number of allylic oxidation sites excluding steroid dienone is 2. The van der Waals surface area contributed by atoms with E-state index in [9.17, 15) is 0 Å². The molecule has 1 N–H and O–H groups in total. The summed E-state index contributed by atoms with van der Waals surface area (Å²) in [5, 5.41) is 3.81.